The van der Waals surface area contributed by atoms with Crippen molar-refractivity contribution in [2.45, 2.75) is 12.8 Å². The van der Waals surface area contributed by atoms with E-state index in [1.165, 1.54) is 12.1 Å². The van der Waals surface area contributed by atoms with Gasteiger partial charge in [-0.15, -0.1) is 0 Å². The second-order valence-electron chi connectivity index (χ2n) is 6.88. The number of benzene rings is 1. The summed E-state index contributed by atoms with van der Waals surface area (Å²) >= 11 is 0. The predicted octanol–water partition coefficient (Wildman–Crippen LogP) is 2.60. The van der Waals surface area contributed by atoms with Crippen LogP contribution in [0.4, 0.5) is 11.6 Å². The summed E-state index contributed by atoms with van der Waals surface area (Å²) in [7, 11) is 0. The second-order valence-corrected chi connectivity index (χ2v) is 6.88. The number of aromatic nitrogens is 2. The van der Waals surface area contributed by atoms with Crippen molar-refractivity contribution in [2.75, 3.05) is 49.2 Å². The minimum atomic E-state index is 0.143. The van der Waals surface area contributed by atoms with Gasteiger partial charge in [0.1, 0.15) is 0 Å². The van der Waals surface area contributed by atoms with Crippen LogP contribution in [0, 0.1) is 5.41 Å². The van der Waals surface area contributed by atoms with Gasteiger partial charge >= 0.3 is 0 Å². The third-order valence-electron chi connectivity index (χ3n) is 5.06. The summed E-state index contributed by atoms with van der Waals surface area (Å²) in [6.45, 7) is 5.57. The third-order valence-corrected chi connectivity index (χ3v) is 5.06. The van der Waals surface area contributed by atoms with E-state index in [0.717, 1.165) is 51.8 Å². The Kier molecular flexibility index (Phi) is 4.34. The molecule has 0 saturated carbocycles. The van der Waals surface area contributed by atoms with Gasteiger partial charge in [0.25, 0.3) is 0 Å². The van der Waals surface area contributed by atoms with Gasteiger partial charge in [-0.25, -0.2) is 9.97 Å². The quantitative estimate of drug-likeness (QED) is 0.849. The van der Waals surface area contributed by atoms with Gasteiger partial charge in [0, 0.05) is 49.7 Å². The van der Waals surface area contributed by atoms with E-state index < -0.39 is 0 Å². The molecule has 1 unspecified atom stereocenters. The molecule has 0 bridgehead atoms. The van der Waals surface area contributed by atoms with Crippen molar-refractivity contribution in [1.82, 2.24) is 9.97 Å². The molecule has 0 radical (unpaired) electrons. The molecular weight excluding hydrogens is 300 g/mol. The van der Waals surface area contributed by atoms with E-state index in [4.69, 9.17) is 4.74 Å². The van der Waals surface area contributed by atoms with Crippen molar-refractivity contribution in [1.29, 1.82) is 0 Å². The minimum absolute atomic E-state index is 0.143. The summed E-state index contributed by atoms with van der Waals surface area (Å²) in [5.74, 6) is 0.840. The molecule has 5 nitrogen and oxygen atoms in total. The zero-order valence-corrected chi connectivity index (χ0v) is 14.0. The molecular formula is C19H24N4O. The summed E-state index contributed by atoms with van der Waals surface area (Å²) in [5.41, 5.74) is 1.43. The Hall–Kier alpha value is -2.14. The largest absolute Gasteiger partial charge is 0.379 e. The molecule has 2 aromatic rings. The summed E-state index contributed by atoms with van der Waals surface area (Å²) in [5, 5.41) is 0. The van der Waals surface area contributed by atoms with Crippen LogP contribution >= 0.6 is 0 Å². The van der Waals surface area contributed by atoms with Crippen molar-refractivity contribution >= 4 is 11.6 Å². The van der Waals surface area contributed by atoms with E-state index in [9.17, 15) is 0 Å². The van der Waals surface area contributed by atoms with Gasteiger partial charge in [0.05, 0.1) is 13.2 Å². The maximum atomic E-state index is 6.01. The van der Waals surface area contributed by atoms with Crippen LogP contribution < -0.4 is 9.80 Å². The summed E-state index contributed by atoms with van der Waals surface area (Å²) in [4.78, 5) is 13.7. The molecule has 5 heteroatoms. The Morgan fingerprint density at radius 2 is 1.71 bits per heavy atom. The Balaban J connectivity index is 1.56. The molecule has 0 aliphatic carbocycles. The molecule has 1 atom stereocenters. The monoisotopic (exact) mass is 324 g/mol. The normalized spacial score (nSPS) is 24.8. The fourth-order valence-corrected chi connectivity index (χ4v) is 3.93. The van der Waals surface area contributed by atoms with Gasteiger partial charge in [0.2, 0.25) is 5.95 Å². The Morgan fingerprint density at radius 1 is 0.917 bits per heavy atom. The van der Waals surface area contributed by atoms with Crippen molar-refractivity contribution in [3.05, 3.63) is 48.8 Å². The number of piperidine rings is 1. The van der Waals surface area contributed by atoms with Gasteiger partial charge in [-0.05, 0) is 31.0 Å². The van der Waals surface area contributed by atoms with Crippen molar-refractivity contribution < 1.29 is 4.74 Å². The number of hydrogen-bond acceptors (Lipinski definition) is 5. The lowest BCUT2D eigenvalue weighted by Gasteiger charge is -2.44. The first-order chi connectivity index (χ1) is 11.8. The van der Waals surface area contributed by atoms with Crippen LogP contribution in [0.25, 0.3) is 0 Å². The van der Waals surface area contributed by atoms with Crippen LogP contribution in [-0.2, 0) is 4.74 Å². The fraction of sp³-hybridized carbons (Fsp3) is 0.474. The summed E-state index contributed by atoms with van der Waals surface area (Å²) in [6, 6.07) is 12.6. The first-order valence-corrected chi connectivity index (χ1v) is 8.74. The van der Waals surface area contributed by atoms with Crippen LogP contribution in [-0.4, -0.2) is 49.4 Å². The molecule has 3 heterocycles. The van der Waals surface area contributed by atoms with Gasteiger partial charge < -0.3 is 14.5 Å². The molecule has 1 spiro atoms. The molecule has 126 valence electrons. The smallest absolute Gasteiger partial charge is 0.225 e. The van der Waals surface area contributed by atoms with Gasteiger partial charge in [-0.1, -0.05) is 18.2 Å². The maximum absolute atomic E-state index is 6.01. The van der Waals surface area contributed by atoms with Gasteiger partial charge in [-0.3, -0.25) is 0 Å². The standard InChI is InChI=1S/C19H24N4O/c1-2-6-17(7-3-1)22-12-13-24-16-19(14-22)8-4-11-23(15-19)18-20-9-5-10-21-18/h1-3,5-7,9-10H,4,8,11-16H2. The van der Waals surface area contributed by atoms with Crippen LogP contribution in [0.5, 0.6) is 0 Å². The van der Waals surface area contributed by atoms with E-state index in [-0.39, 0.29) is 5.41 Å². The Bertz CT molecular complexity index is 651. The van der Waals surface area contributed by atoms with Crippen molar-refractivity contribution in [3.63, 3.8) is 0 Å². The highest BCUT2D eigenvalue weighted by molar-refractivity contribution is 5.46. The van der Waals surface area contributed by atoms with Crippen LogP contribution in [0.2, 0.25) is 0 Å². The summed E-state index contributed by atoms with van der Waals surface area (Å²) in [6.07, 6.45) is 6.00. The molecule has 4 rings (SSSR count). The fourth-order valence-electron chi connectivity index (χ4n) is 3.93. The van der Waals surface area contributed by atoms with E-state index in [1.54, 1.807) is 0 Å². The average molecular weight is 324 g/mol. The molecule has 1 aromatic heterocycles. The van der Waals surface area contributed by atoms with E-state index in [0.29, 0.717) is 0 Å². The number of rotatable bonds is 2. The molecule has 24 heavy (non-hydrogen) atoms. The predicted molar refractivity (Wildman–Crippen MR) is 95.4 cm³/mol. The topological polar surface area (TPSA) is 41.5 Å². The van der Waals surface area contributed by atoms with Gasteiger partial charge in [0.15, 0.2) is 0 Å². The van der Waals surface area contributed by atoms with E-state index in [2.05, 4.69) is 50.1 Å². The molecule has 2 fully saturated rings. The molecule has 2 aliphatic rings. The van der Waals surface area contributed by atoms with Crippen LogP contribution in [0.1, 0.15) is 12.8 Å². The number of anilines is 2. The molecule has 2 aliphatic heterocycles. The first kappa shape index (κ1) is 15.4. The molecule has 0 N–H and O–H groups in total. The maximum Gasteiger partial charge on any atom is 0.225 e. The van der Waals surface area contributed by atoms with Gasteiger partial charge in [-0.2, -0.15) is 0 Å². The third kappa shape index (κ3) is 3.22. The first-order valence-electron chi connectivity index (χ1n) is 8.74. The molecule has 0 amide bonds. The van der Waals surface area contributed by atoms with E-state index in [1.807, 2.05) is 18.5 Å². The zero-order chi connectivity index (χ0) is 16.2. The highest BCUT2D eigenvalue weighted by Gasteiger charge is 2.39. The Morgan fingerprint density at radius 3 is 2.54 bits per heavy atom. The lowest BCUT2D eigenvalue weighted by atomic mass is 9.80. The minimum Gasteiger partial charge on any atom is -0.379 e. The van der Waals surface area contributed by atoms with Crippen LogP contribution in [0.15, 0.2) is 48.8 Å². The zero-order valence-electron chi connectivity index (χ0n) is 14.0. The lowest BCUT2D eigenvalue weighted by Crippen LogP contribution is -2.51. The highest BCUT2D eigenvalue weighted by Crippen LogP contribution is 2.35. The number of hydrogen-bond donors (Lipinski definition) is 0. The number of ether oxygens (including phenoxy) is 1. The molecule has 1 aromatic carbocycles. The highest BCUT2D eigenvalue weighted by atomic mass is 16.5. The SMILES string of the molecule is c1ccc(N2CCOCC3(CCCN(c4ncccn4)C3)C2)cc1. The molecule has 2 saturated heterocycles. The van der Waals surface area contributed by atoms with Crippen LogP contribution in [0.3, 0.4) is 0 Å². The number of nitrogens with zero attached hydrogens (tertiary/aromatic N) is 4. The van der Waals surface area contributed by atoms with E-state index >= 15 is 0 Å². The van der Waals surface area contributed by atoms with Crippen molar-refractivity contribution in [2.24, 2.45) is 5.41 Å². The average Bonchev–Trinajstić information content (AvgIpc) is 2.86. The summed E-state index contributed by atoms with van der Waals surface area (Å²) < 4.78 is 6.01. The number of para-hydroxylation sites is 1. The Labute approximate surface area is 143 Å². The van der Waals surface area contributed by atoms with Crippen molar-refractivity contribution in [3.8, 4) is 0 Å². The second kappa shape index (κ2) is 6.77. The lowest BCUT2D eigenvalue weighted by molar-refractivity contribution is 0.0596.